The van der Waals surface area contributed by atoms with E-state index >= 15 is 0 Å². The smallest absolute Gasteiger partial charge is 0.230 e. The van der Waals surface area contributed by atoms with Gasteiger partial charge in [0.2, 0.25) is 11.9 Å². The summed E-state index contributed by atoms with van der Waals surface area (Å²) in [5.41, 5.74) is 5.40. The molecule has 2 aromatic heterocycles. The Balaban J connectivity index is 1.67. The Morgan fingerprint density at radius 3 is 2.46 bits per heavy atom. The minimum absolute atomic E-state index is 0.143. The Morgan fingerprint density at radius 2 is 1.80 bits per heavy atom. The van der Waals surface area contributed by atoms with Crippen LogP contribution in [-0.2, 0) is 16.3 Å². The van der Waals surface area contributed by atoms with Gasteiger partial charge in [-0.1, -0.05) is 27.7 Å². The van der Waals surface area contributed by atoms with E-state index < -0.39 is 8.32 Å². The molecule has 0 saturated carbocycles. The van der Waals surface area contributed by atoms with Crippen LogP contribution in [0.3, 0.4) is 0 Å². The molecule has 0 saturated heterocycles. The summed E-state index contributed by atoms with van der Waals surface area (Å²) in [4.78, 5) is 17.6. The molecule has 3 aromatic rings. The number of aryl methyl sites for hydroxylation is 1. The van der Waals surface area contributed by atoms with Crippen molar-refractivity contribution in [1.82, 2.24) is 19.9 Å². The summed E-state index contributed by atoms with van der Waals surface area (Å²) in [6.07, 6.45) is 5.26. The van der Waals surface area contributed by atoms with Gasteiger partial charge in [-0.25, -0.2) is 19.9 Å². The van der Waals surface area contributed by atoms with E-state index in [-0.39, 0.29) is 10.5 Å². The minimum atomic E-state index is -1.89. The molecule has 1 unspecified atom stereocenters. The molecule has 8 heteroatoms. The Bertz CT molecular complexity index is 1290. The van der Waals surface area contributed by atoms with Gasteiger partial charge >= 0.3 is 0 Å². The van der Waals surface area contributed by atoms with Crippen LogP contribution >= 0.6 is 0 Å². The molecule has 1 aromatic carbocycles. The van der Waals surface area contributed by atoms with E-state index in [1.807, 2.05) is 25.1 Å². The summed E-state index contributed by atoms with van der Waals surface area (Å²) in [6.45, 7) is 16.2. The van der Waals surface area contributed by atoms with Crippen LogP contribution in [0.4, 0.5) is 11.9 Å². The van der Waals surface area contributed by atoms with Crippen LogP contribution in [0, 0.1) is 18.3 Å². The monoisotopic (exact) mass is 486 g/mol. The van der Waals surface area contributed by atoms with Crippen molar-refractivity contribution in [2.75, 3.05) is 11.9 Å². The normalized spacial score (nSPS) is 17.7. The van der Waals surface area contributed by atoms with E-state index in [9.17, 15) is 5.26 Å². The van der Waals surface area contributed by atoms with Crippen molar-refractivity contribution >= 4 is 20.2 Å². The largest absolute Gasteiger partial charge is 0.416 e. The molecular formula is C27H34N6OSi. The van der Waals surface area contributed by atoms with E-state index in [4.69, 9.17) is 9.41 Å². The second-order valence-electron chi connectivity index (χ2n) is 11.2. The Hall–Kier alpha value is -3.15. The molecule has 1 aliphatic carbocycles. The van der Waals surface area contributed by atoms with Crippen molar-refractivity contribution in [3.05, 3.63) is 59.0 Å². The zero-order valence-corrected chi connectivity index (χ0v) is 22.7. The summed E-state index contributed by atoms with van der Waals surface area (Å²) in [6, 6.07) is 10.2. The van der Waals surface area contributed by atoms with Gasteiger partial charge in [0.25, 0.3) is 0 Å². The molecule has 1 aliphatic rings. The fraction of sp³-hybridized carbons (Fsp3) is 0.444. The molecule has 1 N–H and O–H groups in total. The van der Waals surface area contributed by atoms with Gasteiger partial charge in [-0.05, 0) is 73.3 Å². The van der Waals surface area contributed by atoms with Gasteiger partial charge in [0.05, 0.1) is 17.3 Å². The average Bonchev–Trinajstić information content (AvgIpc) is 3.14. The lowest BCUT2D eigenvalue weighted by Crippen LogP contribution is -2.44. The molecule has 0 fully saturated rings. The van der Waals surface area contributed by atoms with E-state index in [0.717, 1.165) is 35.4 Å². The summed E-state index contributed by atoms with van der Waals surface area (Å²) in [5.74, 6) is 0.861. The molecule has 0 radical (unpaired) electrons. The van der Waals surface area contributed by atoms with Crippen LogP contribution in [0.15, 0.2) is 36.7 Å². The molecule has 182 valence electrons. The maximum absolute atomic E-state index is 9.95. The van der Waals surface area contributed by atoms with Crippen LogP contribution in [0.1, 0.15) is 56.5 Å². The molecule has 2 heterocycles. The third kappa shape index (κ3) is 5.11. The number of hydrogen-bond acceptors (Lipinski definition) is 7. The Morgan fingerprint density at radius 1 is 1.11 bits per heavy atom. The van der Waals surface area contributed by atoms with E-state index in [1.54, 1.807) is 12.4 Å². The first-order valence-electron chi connectivity index (χ1n) is 12.0. The summed E-state index contributed by atoms with van der Waals surface area (Å²) in [5, 5.41) is 13.2. The number of fused-ring (bicyclic) bond motifs is 1. The molecule has 1 atom stereocenters. The predicted octanol–water partition coefficient (Wildman–Crippen LogP) is 6.08. The van der Waals surface area contributed by atoms with Crippen LogP contribution in [0.25, 0.3) is 11.3 Å². The highest BCUT2D eigenvalue weighted by Crippen LogP contribution is 2.44. The fourth-order valence-corrected chi connectivity index (χ4v) is 5.27. The van der Waals surface area contributed by atoms with Gasteiger partial charge in [0, 0.05) is 35.7 Å². The molecule has 0 aliphatic heterocycles. The van der Waals surface area contributed by atoms with Gasteiger partial charge in [0.15, 0.2) is 8.32 Å². The van der Waals surface area contributed by atoms with Crippen molar-refractivity contribution in [3.63, 3.8) is 0 Å². The second kappa shape index (κ2) is 9.13. The minimum Gasteiger partial charge on any atom is -0.416 e. The second-order valence-corrected chi connectivity index (χ2v) is 16.0. The number of aromatic nitrogens is 4. The lowest BCUT2D eigenvalue weighted by molar-refractivity contribution is 0.208. The van der Waals surface area contributed by atoms with Crippen molar-refractivity contribution in [3.8, 4) is 17.3 Å². The zero-order valence-electron chi connectivity index (χ0n) is 21.7. The topological polar surface area (TPSA) is 96.6 Å². The maximum Gasteiger partial charge on any atom is 0.230 e. The average molecular weight is 487 g/mol. The quantitative estimate of drug-likeness (QED) is 0.421. The number of rotatable bonds is 6. The summed E-state index contributed by atoms with van der Waals surface area (Å²) < 4.78 is 6.66. The first kappa shape index (κ1) is 25.0. The lowest BCUT2D eigenvalue weighted by atomic mass is 9.83. The highest BCUT2D eigenvalue weighted by atomic mass is 28.4. The molecule has 4 rings (SSSR count). The van der Waals surface area contributed by atoms with Crippen molar-refractivity contribution in [2.45, 2.75) is 71.0 Å². The van der Waals surface area contributed by atoms with E-state index in [1.165, 1.54) is 5.56 Å². The number of hydrogen-bond donors (Lipinski definition) is 1. The number of nitrogens with zero attached hydrogens (tertiary/aromatic N) is 5. The standard InChI is InChI=1S/C27H34N6OSi/c1-18-9-12-29-24(31-18)33-25-30-13-10-23(32-25)19-14-20(16-28)21-8-11-27(5,22(21)15-19)17-34-35(6,7)26(2,3)4/h9-10,12-15H,8,11,17H2,1-7H3,(H,29,30,31,32,33). The zero-order chi connectivity index (χ0) is 25.4. The van der Waals surface area contributed by atoms with Gasteiger partial charge in [0.1, 0.15) is 0 Å². The van der Waals surface area contributed by atoms with Crippen molar-refractivity contribution in [2.24, 2.45) is 0 Å². The highest BCUT2D eigenvalue weighted by Gasteiger charge is 2.42. The predicted molar refractivity (Wildman–Crippen MR) is 141 cm³/mol. The van der Waals surface area contributed by atoms with Gasteiger partial charge < -0.3 is 4.43 Å². The van der Waals surface area contributed by atoms with Crippen LogP contribution in [0.5, 0.6) is 0 Å². The lowest BCUT2D eigenvalue weighted by Gasteiger charge is -2.39. The van der Waals surface area contributed by atoms with Gasteiger partial charge in [-0.2, -0.15) is 5.26 Å². The molecule has 0 bridgehead atoms. The number of anilines is 2. The number of nitrogens with one attached hydrogen (secondary N) is 1. The molecule has 35 heavy (non-hydrogen) atoms. The molecular weight excluding hydrogens is 452 g/mol. The SMILES string of the molecule is Cc1ccnc(Nc2nccc(-c3cc(C#N)c4c(c3)C(C)(CO[Si](C)(C)C(C)(C)C)CC4)n2)n1. The third-order valence-corrected chi connectivity index (χ3v) is 12.0. The summed E-state index contributed by atoms with van der Waals surface area (Å²) in [7, 11) is -1.89. The van der Waals surface area contributed by atoms with E-state index in [0.29, 0.717) is 24.1 Å². The Kier molecular flexibility index (Phi) is 6.51. The van der Waals surface area contributed by atoms with Gasteiger partial charge in [-0.3, -0.25) is 5.32 Å². The van der Waals surface area contributed by atoms with E-state index in [2.05, 4.69) is 73.2 Å². The van der Waals surface area contributed by atoms with Crippen LogP contribution in [-0.4, -0.2) is 34.9 Å². The first-order chi connectivity index (χ1) is 16.4. The number of nitriles is 1. The first-order valence-corrected chi connectivity index (χ1v) is 14.9. The van der Waals surface area contributed by atoms with Crippen molar-refractivity contribution in [1.29, 1.82) is 5.26 Å². The Labute approximate surface area is 209 Å². The third-order valence-electron chi connectivity index (χ3n) is 7.47. The fourth-order valence-electron chi connectivity index (χ4n) is 4.16. The summed E-state index contributed by atoms with van der Waals surface area (Å²) >= 11 is 0. The van der Waals surface area contributed by atoms with Crippen LogP contribution < -0.4 is 5.32 Å². The molecule has 0 spiro atoms. The van der Waals surface area contributed by atoms with Crippen LogP contribution in [0.2, 0.25) is 18.1 Å². The molecule has 7 nitrogen and oxygen atoms in total. The maximum atomic E-state index is 9.95. The van der Waals surface area contributed by atoms with Crippen molar-refractivity contribution < 1.29 is 4.43 Å². The highest BCUT2D eigenvalue weighted by molar-refractivity contribution is 6.74. The number of benzene rings is 1. The molecule has 0 amide bonds. The van der Waals surface area contributed by atoms with Gasteiger partial charge in [-0.15, -0.1) is 0 Å².